The highest BCUT2D eigenvalue weighted by atomic mass is 16.5. The van der Waals surface area contributed by atoms with Gasteiger partial charge in [0.2, 0.25) is 5.89 Å². The summed E-state index contributed by atoms with van der Waals surface area (Å²) in [6, 6.07) is 14.1. The van der Waals surface area contributed by atoms with Gasteiger partial charge in [0.25, 0.3) is 5.91 Å². The third-order valence-corrected chi connectivity index (χ3v) is 8.41. The van der Waals surface area contributed by atoms with Crippen molar-refractivity contribution in [1.82, 2.24) is 15.2 Å². The number of nitrogens with one attached hydrogen (secondary N) is 1. The van der Waals surface area contributed by atoms with Gasteiger partial charge in [0.1, 0.15) is 11.3 Å². The van der Waals surface area contributed by atoms with E-state index in [2.05, 4.69) is 34.6 Å². The zero-order valence-corrected chi connectivity index (χ0v) is 20.8. The first-order chi connectivity index (χ1) is 17.0. The minimum Gasteiger partial charge on any atom is -0.484 e. The van der Waals surface area contributed by atoms with Gasteiger partial charge in [0, 0.05) is 18.7 Å². The number of oxazole rings is 1. The van der Waals surface area contributed by atoms with Gasteiger partial charge in [0.05, 0.1) is 0 Å². The van der Waals surface area contributed by atoms with E-state index in [4.69, 9.17) is 9.15 Å². The van der Waals surface area contributed by atoms with Gasteiger partial charge in [-0.1, -0.05) is 12.1 Å². The van der Waals surface area contributed by atoms with E-state index in [9.17, 15) is 4.79 Å². The average molecular weight is 474 g/mol. The predicted molar refractivity (Wildman–Crippen MR) is 136 cm³/mol. The molecule has 0 saturated heterocycles. The fourth-order valence-electron chi connectivity index (χ4n) is 7.19. The number of hydrogen-bond donors (Lipinski definition) is 1. The minimum absolute atomic E-state index is 0.103. The summed E-state index contributed by atoms with van der Waals surface area (Å²) in [7, 11) is 3.96. The molecule has 1 amide bonds. The molecule has 4 bridgehead atoms. The molecule has 4 aliphatic rings. The van der Waals surface area contributed by atoms with Crippen LogP contribution in [0.4, 0.5) is 0 Å². The van der Waals surface area contributed by atoms with Crippen LogP contribution in [0.3, 0.4) is 0 Å². The van der Waals surface area contributed by atoms with Gasteiger partial charge in [-0.3, -0.25) is 4.79 Å². The van der Waals surface area contributed by atoms with Gasteiger partial charge >= 0.3 is 0 Å². The van der Waals surface area contributed by atoms with Gasteiger partial charge in [-0.15, -0.1) is 0 Å². The summed E-state index contributed by atoms with van der Waals surface area (Å²) in [5.41, 5.74) is 3.82. The van der Waals surface area contributed by atoms with E-state index in [1.165, 1.54) is 44.1 Å². The van der Waals surface area contributed by atoms with Gasteiger partial charge in [-0.25, -0.2) is 4.98 Å². The number of hydrogen-bond acceptors (Lipinski definition) is 5. The second kappa shape index (κ2) is 8.98. The summed E-state index contributed by atoms with van der Waals surface area (Å²) < 4.78 is 11.9. The molecule has 0 atom stereocenters. The Morgan fingerprint density at radius 2 is 1.74 bits per heavy atom. The number of aromatic nitrogens is 1. The van der Waals surface area contributed by atoms with Crippen molar-refractivity contribution in [1.29, 1.82) is 0 Å². The molecule has 0 unspecified atom stereocenters. The molecule has 7 rings (SSSR count). The van der Waals surface area contributed by atoms with Crippen LogP contribution in [-0.2, 0) is 12.0 Å². The molecule has 0 aliphatic heterocycles. The first kappa shape index (κ1) is 22.6. The zero-order chi connectivity index (χ0) is 24.0. The molecule has 2 aromatic carbocycles. The number of carbonyl (C=O) groups excluding carboxylic acids is 1. The third-order valence-electron chi connectivity index (χ3n) is 8.41. The molecule has 4 fully saturated rings. The van der Waals surface area contributed by atoms with Crippen molar-refractivity contribution in [3.8, 4) is 5.75 Å². The summed E-state index contributed by atoms with van der Waals surface area (Å²) in [5.74, 6) is 4.08. The molecule has 1 heterocycles. The summed E-state index contributed by atoms with van der Waals surface area (Å²) in [6.07, 6.45) is 8.52. The van der Waals surface area contributed by atoms with Crippen LogP contribution >= 0.6 is 0 Å². The smallest absolute Gasteiger partial charge is 0.251 e. The number of benzene rings is 2. The standard InChI is InChI=1S/C29H35N3O3/c1-32(2)10-9-30-28(33)22-3-8-26-25(14-22)31-27(35-26)18-34-24-6-4-23(5-7-24)29-15-19-11-20(16-29)13-21(12-19)17-29/h3-8,14,19-21H,9-13,15-18H2,1-2H3,(H,30,33). The van der Waals surface area contributed by atoms with Crippen LogP contribution in [0, 0.1) is 17.8 Å². The largest absolute Gasteiger partial charge is 0.484 e. The maximum Gasteiger partial charge on any atom is 0.251 e. The predicted octanol–water partition coefficient (Wildman–Crippen LogP) is 5.17. The Bertz CT molecular complexity index is 1180. The summed E-state index contributed by atoms with van der Waals surface area (Å²) in [4.78, 5) is 19.0. The molecular formula is C29H35N3O3. The normalized spacial score (nSPS) is 27.0. The maximum absolute atomic E-state index is 12.4. The second-order valence-corrected chi connectivity index (χ2v) is 11.4. The van der Waals surface area contributed by atoms with Gasteiger partial charge in [-0.2, -0.15) is 0 Å². The third kappa shape index (κ3) is 4.56. The maximum atomic E-state index is 12.4. The number of amides is 1. The summed E-state index contributed by atoms with van der Waals surface area (Å²) >= 11 is 0. The van der Waals surface area contributed by atoms with Crippen LogP contribution < -0.4 is 10.1 Å². The van der Waals surface area contributed by atoms with Gasteiger partial charge in [0.15, 0.2) is 12.2 Å². The molecule has 0 radical (unpaired) electrons. The van der Waals surface area contributed by atoms with E-state index in [-0.39, 0.29) is 12.5 Å². The van der Waals surface area contributed by atoms with Crippen molar-refractivity contribution < 1.29 is 13.9 Å². The fourth-order valence-corrected chi connectivity index (χ4v) is 7.19. The minimum atomic E-state index is -0.103. The second-order valence-electron chi connectivity index (χ2n) is 11.4. The van der Waals surface area contributed by atoms with Crippen molar-refractivity contribution in [2.75, 3.05) is 27.2 Å². The number of carbonyl (C=O) groups is 1. The lowest BCUT2D eigenvalue weighted by atomic mass is 9.48. The lowest BCUT2D eigenvalue weighted by Gasteiger charge is -2.57. The molecule has 6 heteroatoms. The van der Waals surface area contributed by atoms with Gasteiger partial charge < -0.3 is 19.4 Å². The lowest BCUT2D eigenvalue weighted by molar-refractivity contribution is -0.00521. The Morgan fingerprint density at radius 1 is 1.06 bits per heavy atom. The van der Waals surface area contributed by atoms with E-state index in [0.717, 1.165) is 30.0 Å². The van der Waals surface area contributed by atoms with Crippen LogP contribution in [0.5, 0.6) is 5.75 Å². The lowest BCUT2D eigenvalue weighted by Crippen LogP contribution is -2.48. The molecule has 6 nitrogen and oxygen atoms in total. The average Bonchev–Trinajstić information content (AvgIpc) is 3.24. The SMILES string of the molecule is CN(C)CCNC(=O)c1ccc2oc(COc3ccc(C45CC6CC(CC(C6)C4)C5)cc3)nc2c1. The van der Waals surface area contributed by atoms with Crippen molar-refractivity contribution in [3.05, 3.63) is 59.5 Å². The molecular weight excluding hydrogens is 438 g/mol. The fraction of sp³-hybridized carbons (Fsp3) is 0.517. The molecule has 4 saturated carbocycles. The van der Waals surface area contributed by atoms with Gasteiger partial charge in [-0.05, 0) is 112 Å². The Kier molecular flexibility index (Phi) is 5.79. The first-order valence-corrected chi connectivity index (χ1v) is 13.0. The van der Waals surface area contributed by atoms with Crippen LogP contribution in [0.15, 0.2) is 46.9 Å². The van der Waals surface area contributed by atoms with Crippen molar-refractivity contribution in [2.45, 2.75) is 50.5 Å². The highest BCUT2D eigenvalue weighted by molar-refractivity contribution is 5.97. The number of nitrogens with zero attached hydrogens (tertiary/aromatic N) is 2. The number of ether oxygens (including phenoxy) is 1. The quantitative estimate of drug-likeness (QED) is 0.489. The number of fused-ring (bicyclic) bond motifs is 1. The molecule has 4 aliphatic carbocycles. The molecule has 1 aromatic heterocycles. The van der Waals surface area contributed by atoms with Crippen molar-refractivity contribution >= 4 is 17.0 Å². The summed E-state index contributed by atoms with van der Waals surface area (Å²) in [6.45, 7) is 1.65. The highest BCUT2D eigenvalue weighted by Gasteiger charge is 2.51. The molecule has 184 valence electrons. The van der Waals surface area contributed by atoms with Crippen molar-refractivity contribution in [3.63, 3.8) is 0 Å². The van der Waals surface area contributed by atoms with Crippen LogP contribution in [0.2, 0.25) is 0 Å². The van der Waals surface area contributed by atoms with E-state index in [1.54, 1.807) is 18.2 Å². The van der Waals surface area contributed by atoms with E-state index >= 15 is 0 Å². The van der Waals surface area contributed by atoms with E-state index in [0.29, 0.717) is 34.5 Å². The van der Waals surface area contributed by atoms with E-state index < -0.39 is 0 Å². The molecule has 3 aromatic rings. The zero-order valence-electron chi connectivity index (χ0n) is 20.8. The molecule has 0 spiro atoms. The molecule has 1 N–H and O–H groups in total. The van der Waals surface area contributed by atoms with Crippen LogP contribution in [0.1, 0.15) is 60.3 Å². The van der Waals surface area contributed by atoms with E-state index in [1.807, 2.05) is 19.0 Å². The molecule has 35 heavy (non-hydrogen) atoms. The monoisotopic (exact) mass is 473 g/mol. The van der Waals surface area contributed by atoms with Crippen molar-refractivity contribution in [2.24, 2.45) is 17.8 Å². The first-order valence-electron chi connectivity index (χ1n) is 13.0. The highest BCUT2D eigenvalue weighted by Crippen LogP contribution is 2.60. The van der Waals surface area contributed by atoms with Crippen LogP contribution in [-0.4, -0.2) is 43.0 Å². The topological polar surface area (TPSA) is 67.6 Å². The Morgan fingerprint density at radius 3 is 2.40 bits per heavy atom. The Hall–Kier alpha value is -2.86. The Balaban J connectivity index is 1.09. The number of likely N-dealkylation sites (N-methyl/N-ethyl adjacent to an activating group) is 1. The summed E-state index contributed by atoms with van der Waals surface area (Å²) in [5, 5.41) is 2.93. The van der Waals surface area contributed by atoms with Crippen LogP contribution in [0.25, 0.3) is 11.1 Å². The number of rotatable bonds is 8. The Labute approximate surface area is 207 Å².